The van der Waals surface area contributed by atoms with E-state index in [1.165, 1.54) is 15.0 Å². The van der Waals surface area contributed by atoms with Crippen molar-refractivity contribution in [2.45, 2.75) is 13.5 Å². The Labute approximate surface area is 95.9 Å². The third kappa shape index (κ3) is 1.25. The van der Waals surface area contributed by atoms with Crippen molar-refractivity contribution in [3.63, 3.8) is 0 Å². The van der Waals surface area contributed by atoms with Crippen molar-refractivity contribution in [3.8, 4) is 0 Å². The molecule has 0 radical (unpaired) electrons. The molecule has 0 bridgehead atoms. The first-order valence-corrected chi connectivity index (χ1v) is 5.45. The van der Waals surface area contributed by atoms with Gasteiger partial charge < -0.3 is 4.98 Å². The number of H-pyrrole nitrogens is 1. The zero-order valence-electron chi connectivity index (χ0n) is 9.30. The van der Waals surface area contributed by atoms with Crippen molar-refractivity contribution in [1.82, 2.24) is 14.0 Å². The number of fused-ring (bicyclic) bond motifs is 3. The van der Waals surface area contributed by atoms with Crippen molar-refractivity contribution < 1.29 is 0 Å². The highest BCUT2D eigenvalue weighted by Gasteiger charge is 2.09. The lowest BCUT2D eigenvalue weighted by Crippen LogP contribution is -2.35. The summed E-state index contributed by atoms with van der Waals surface area (Å²) in [5.41, 5.74) is 1.59. The molecule has 2 heterocycles. The van der Waals surface area contributed by atoms with E-state index in [9.17, 15) is 9.59 Å². The van der Waals surface area contributed by atoms with Gasteiger partial charge in [0, 0.05) is 12.6 Å². The molecule has 0 amide bonds. The molecule has 0 spiro atoms. The van der Waals surface area contributed by atoms with Crippen LogP contribution in [0.1, 0.15) is 6.92 Å². The van der Waals surface area contributed by atoms with Gasteiger partial charge in [-0.1, -0.05) is 12.1 Å². The molecular formula is C12H11N3O2. The molecule has 0 aliphatic rings. The summed E-state index contributed by atoms with van der Waals surface area (Å²) in [6, 6.07) is 8.93. The Kier molecular flexibility index (Phi) is 1.95. The molecule has 1 N–H and O–H groups in total. The molecule has 0 fully saturated rings. The SMILES string of the molecule is CCn1c(=O)cc2[nH]c3ccccc3n2c1=O. The average molecular weight is 229 g/mol. The number of para-hydroxylation sites is 2. The first kappa shape index (κ1) is 9.89. The van der Waals surface area contributed by atoms with Gasteiger partial charge in [-0.05, 0) is 19.1 Å². The van der Waals surface area contributed by atoms with Crippen LogP contribution >= 0.6 is 0 Å². The summed E-state index contributed by atoms with van der Waals surface area (Å²) in [7, 11) is 0. The number of benzene rings is 1. The van der Waals surface area contributed by atoms with Gasteiger partial charge >= 0.3 is 5.69 Å². The van der Waals surface area contributed by atoms with Crippen LogP contribution in [-0.4, -0.2) is 14.0 Å². The Morgan fingerprint density at radius 2 is 2.00 bits per heavy atom. The van der Waals surface area contributed by atoms with Gasteiger partial charge in [-0.3, -0.25) is 9.36 Å². The number of aromatic amines is 1. The van der Waals surface area contributed by atoms with Crippen molar-refractivity contribution in [2.24, 2.45) is 0 Å². The first-order valence-electron chi connectivity index (χ1n) is 5.45. The molecule has 5 nitrogen and oxygen atoms in total. The molecule has 3 rings (SSSR count). The fraction of sp³-hybridized carbons (Fsp3) is 0.167. The van der Waals surface area contributed by atoms with Crippen molar-refractivity contribution in [2.75, 3.05) is 0 Å². The zero-order valence-corrected chi connectivity index (χ0v) is 9.30. The number of rotatable bonds is 1. The number of nitrogens with zero attached hydrogens (tertiary/aromatic N) is 2. The van der Waals surface area contributed by atoms with Gasteiger partial charge in [-0.15, -0.1) is 0 Å². The van der Waals surface area contributed by atoms with Gasteiger partial charge in [0.05, 0.1) is 11.0 Å². The minimum absolute atomic E-state index is 0.274. The summed E-state index contributed by atoms with van der Waals surface area (Å²) in [5, 5.41) is 0. The Balaban J connectivity index is 2.65. The molecule has 5 heteroatoms. The van der Waals surface area contributed by atoms with E-state index < -0.39 is 0 Å². The Bertz CT molecular complexity index is 823. The van der Waals surface area contributed by atoms with Crippen LogP contribution in [0.2, 0.25) is 0 Å². The number of aromatic nitrogens is 3. The highest BCUT2D eigenvalue weighted by atomic mass is 16.2. The Hall–Kier alpha value is -2.30. The smallest absolute Gasteiger partial charge is 0.337 e. The summed E-state index contributed by atoms with van der Waals surface area (Å²) in [6.45, 7) is 2.16. The van der Waals surface area contributed by atoms with E-state index >= 15 is 0 Å². The lowest BCUT2D eigenvalue weighted by atomic mass is 10.3. The van der Waals surface area contributed by atoms with Gasteiger partial charge in [0.15, 0.2) is 0 Å². The second-order valence-corrected chi connectivity index (χ2v) is 3.87. The van der Waals surface area contributed by atoms with E-state index in [1.54, 1.807) is 6.92 Å². The van der Waals surface area contributed by atoms with Crippen LogP contribution in [0.4, 0.5) is 0 Å². The van der Waals surface area contributed by atoms with Gasteiger partial charge in [0.2, 0.25) is 0 Å². The quantitative estimate of drug-likeness (QED) is 0.675. The van der Waals surface area contributed by atoms with E-state index in [0.717, 1.165) is 11.0 Å². The second kappa shape index (κ2) is 3.35. The standard InChI is InChI=1S/C12H11N3O2/c1-2-14-11(16)7-10-13-8-5-3-4-6-9(8)15(10)12(14)17/h3-7,13H,2H2,1H3. The normalized spacial score (nSPS) is 11.4. The summed E-state index contributed by atoms with van der Waals surface area (Å²) >= 11 is 0. The topological polar surface area (TPSA) is 59.3 Å². The third-order valence-electron chi connectivity index (χ3n) is 2.91. The molecule has 0 atom stereocenters. The van der Waals surface area contributed by atoms with E-state index in [-0.39, 0.29) is 11.2 Å². The molecule has 86 valence electrons. The summed E-state index contributed by atoms with van der Waals surface area (Å²) in [5.74, 6) is 0. The van der Waals surface area contributed by atoms with Crippen LogP contribution in [0, 0.1) is 0 Å². The fourth-order valence-electron chi connectivity index (χ4n) is 2.11. The summed E-state index contributed by atoms with van der Waals surface area (Å²) in [6.07, 6.45) is 0. The highest BCUT2D eigenvalue weighted by Crippen LogP contribution is 2.12. The van der Waals surface area contributed by atoms with Crippen LogP contribution in [0.15, 0.2) is 39.9 Å². The van der Waals surface area contributed by atoms with E-state index in [4.69, 9.17) is 0 Å². The van der Waals surface area contributed by atoms with Crippen molar-refractivity contribution in [3.05, 3.63) is 51.2 Å². The zero-order chi connectivity index (χ0) is 12.0. The van der Waals surface area contributed by atoms with Crippen LogP contribution < -0.4 is 11.2 Å². The molecule has 0 saturated heterocycles. The third-order valence-corrected chi connectivity index (χ3v) is 2.91. The van der Waals surface area contributed by atoms with Gasteiger partial charge in [-0.2, -0.15) is 0 Å². The minimum atomic E-state index is -0.299. The van der Waals surface area contributed by atoms with Gasteiger partial charge in [0.25, 0.3) is 5.56 Å². The number of imidazole rings is 1. The lowest BCUT2D eigenvalue weighted by Gasteiger charge is -2.01. The predicted octanol–water partition coefficient (Wildman–Crippen LogP) is 0.962. The number of hydrogen-bond donors (Lipinski definition) is 1. The average Bonchev–Trinajstić information content (AvgIpc) is 2.67. The molecule has 1 aromatic carbocycles. The van der Waals surface area contributed by atoms with E-state index in [1.807, 2.05) is 24.3 Å². The predicted molar refractivity (Wildman–Crippen MR) is 65.5 cm³/mol. The number of nitrogens with one attached hydrogen (secondary N) is 1. The largest absolute Gasteiger partial charge is 0.339 e. The lowest BCUT2D eigenvalue weighted by molar-refractivity contribution is 0.667. The van der Waals surface area contributed by atoms with Crippen LogP contribution in [0.5, 0.6) is 0 Å². The van der Waals surface area contributed by atoms with Gasteiger partial charge in [-0.25, -0.2) is 9.20 Å². The molecule has 3 aromatic rings. The van der Waals surface area contributed by atoms with E-state index in [0.29, 0.717) is 12.2 Å². The van der Waals surface area contributed by atoms with Crippen molar-refractivity contribution in [1.29, 1.82) is 0 Å². The van der Waals surface area contributed by atoms with Crippen LogP contribution in [0.3, 0.4) is 0 Å². The minimum Gasteiger partial charge on any atom is -0.339 e. The maximum Gasteiger partial charge on any atom is 0.337 e. The second-order valence-electron chi connectivity index (χ2n) is 3.87. The first-order chi connectivity index (χ1) is 8.22. The van der Waals surface area contributed by atoms with Crippen LogP contribution in [-0.2, 0) is 6.54 Å². The maximum atomic E-state index is 12.2. The monoisotopic (exact) mass is 229 g/mol. The van der Waals surface area contributed by atoms with Gasteiger partial charge in [0.1, 0.15) is 5.65 Å². The molecule has 0 aliphatic carbocycles. The molecule has 0 unspecified atom stereocenters. The molecule has 0 saturated carbocycles. The molecule has 17 heavy (non-hydrogen) atoms. The summed E-state index contributed by atoms with van der Waals surface area (Å²) in [4.78, 5) is 26.9. The van der Waals surface area contributed by atoms with Crippen LogP contribution in [0.25, 0.3) is 16.7 Å². The Morgan fingerprint density at radius 3 is 2.76 bits per heavy atom. The summed E-state index contributed by atoms with van der Waals surface area (Å²) < 4.78 is 2.74. The highest BCUT2D eigenvalue weighted by molar-refractivity contribution is 5.79. The molecule has 2 aromatic heterocycles. The maximum absolute atomic E-state index is 12.2. The molecular weight excluding hydrogens is 218 g/mol. The van der Waals surface area contributed by atoms with Crippen molar-refractivity contribution >= 4 is 16.7 Å². The van der Waals surface area contributed by atoms with E-state index in [2.05, 4.69) is 4.98 Å². The Morgan fingerprint density at radius 1 is 1.24 bits per heavy atom. The molecule has 0 aliphatic heterocycles. The fourth-order valence-corrected chi connectivity index (χ4v) is 2.11. The number of hydrogen-bond acceptors (Lipinski definition) is 2.